The summed E-state index contributed by atoms with van der Waals surface area (Å²) in [6.45, 7) is 4.25. The van der Waals surface area contributed by atoms with E-state index >= 15 is 0 Å². The maximum atomic E-state index is 12.4. The molecule has 1 saturated heterocycles. The summed E-state index contributed by atoms with van der Waals surface area (Å²) in [7, 11) is 0. The fourth-order valence-corrected chi connectivity index (χ4v) is 3.34. The normalized spacial score (nSPS) is 19.0. The Balaban J connectivity index is 1.25. The number of ether oxygens (including phenoxy) is 3. The van der Waals surface area contributed by atoms with Gasteiger partial charge in [0.2, 0.25) is 0 Å². The lowest BCUT2D eigenvalue weighted by Gasteiger charge is -2.26. The molecule has 2 aliphatic heterocycles. The summed E-state index contributed by atoms with van der Waals surface area (Å²) in [4.78, 5) is 19.0. The molecule has 1 aromatic carbocycles. The van der Waals surface area contributed by atoms with Crippen molar-refractivity contribution in [3.63, 3.8) is 0 Å². The largest absolute Gasteiger partial charge is 0.486 e. The maximum Gasteiger partial charge on any atom is 0.252 e. The summed E-state index contributed by atoms with van der Waals surface area (Å²) >= 11 is 0. The van der Waals surface area contributed by atoms with E-state index in [1.54, 1.807) is 6.20 Å². The van der Waals surface area contributed by atoms with E-state index in [4.69, 9.17) is 14.2 Å². The van der Waals surface area contributed by atoms with Crippen LogP contribution in [-0.4, -0.2) is 56.5 Å². The lowest BCUT2D eigenvalue weighted by atomic mass is 10.2. The molecule has 7 heteroatoms. The van der Waals surface area contributed by atoms with E-state index in [9.17, 15) is 4.79 Å². The Labute approximate surface area is 164 Å². The minimum atomic E-state index is -0.129. The lowest BCUT2D eigenvalue weighted by molar-refractivity contribution is 0.0812. The highest BCUT2D eigenvalue weighted by Crippen LogP contribution is 2.31. The minimum Gasteiger partial charge on any atom is -0.486 e. The van der Waals surface area contributed by atoms with Crippen molar-refractivity contribution in [3.05, 3.63) is 48.2 Å². The molecule has 0 aliphatic carbocycles. The SMILES string of the molecule is O=C(NCCC1COc2ccccc2O1)c1ccc(N2CCCOCC2)nc1. The molecule has 0 radical (unpaired) electrons. The van der Waals surface area contributed by atoms with E-state index in [0.717, 1.165) is 43.4 Å². The maximum absolute atomic E-state index is 12.4. The zero-order chi connectivity index (χ0) is 19.2. The fourth-order valence-electron chi connectivity index (χ4n) is 3.34. The summed E-state index contributed by atoms with van der Waals surface area (Å²) in [5, 5.41) is 2.93. The molecule has 1 unspecified atom stereocenters. The smallest absolute Gasteiger partial charge is 0.252 e. The van der Waals surface area contributed by atoms with Crippen LogP contribution in [0.4, 0.5) is 5.82 Å². The number of anilines is 1. The Kier molecular flexibility index (Phi) is 5.92. The molecule has 1 atom stereocenters. The van der Waals surface area contributed by atoms with Crippen LogP contribution < -0.4 is 19.7 Å². The zero-order valence-electron chi connectivity index (χ0n) is 15.8. The molecular weight excluding hydrogens is 358 g/mol. The molecule has 7 nitrogen and oxygen atoms in total. The van der Waals surface area contributed by atoms with E-state index in [-0.39, 0.29) is 12.0 Å². The zero-order valence-corrected chi connectivity index (χ0v) is 15.8. The average Bonchev–Trinajstić information content (AvgIpc) is 3.03. The number of amides is 1. The molecule has 148 valence electrons. The minimum absolute atomic E-state index is 0.0686. The van der Waals surface area contributed by atoms with Crippen molar-refractivity contribution in [1.82, 2.24) is 10.3 Å². The number of carbonyl (C=O) groups is 1. The van der Waals surface area contributed by atoms with Gasteiger partial charge in [-0.25, -0.2) is 4.98 Å². The lowest BCUT2D eigenvalue weighted by Crippen LogP contribution is -2.34. The molecular formula is C21H25N3O4. The van der Waals surface area contributed by atoms with Gasteiger partial charge >= 0.3 is 0 Å². The first-order valence-electron chi connectivity index (χ1n) is 9.75. The van der Waals surface area contributed by atoms with Crippen LogP contribution in [0.1, 0.15) is 23.2 Å². The first kappa shape index (κ1) is 18.6. The molecule has 1 N–H and O–H groups in total. The molecule has 3 heterocycles. The molecule has 0 saturated carbocycles. The Morgan fingerprint density at radius 3 is 2.89 bits per heavy atom. The molecule has 1 fully saturated rings. The van der Waals surface area contributed by atoms with Crippen molar-refractivity contribution in [3.8, 4) is 11.5 Å². The number of para-hydroxylation sites is 2. The standard InChI is InChI=1S/C21H25N3O4/c25-21(16-6-7-20(23-14-16)24-10-3-12-26-13-11-24)22-9-8-17-15-27-18-4-1-2-5-19(18)28-17/h1-2,4-7,14,17H,3,8-13,15H2,(H,22,25). The second-order valence-corrected chi connectivity index (χ2v) is 6.90. The van der Waals surface area contributed by atoms with E-state index < -0.39 is 0 Å². The van der Waals surface area contributed by atoms with Crippen molar-refractivity contribution < 1.29 is 19.0 Å². The number of pyridine rings is 1. The second-order valence-electron chi connectivity index (χ2n) is 6.90. The van der Waals surface area contributed by atoms with Gasteiger partial charge in [0.25, 0.3) is 5.91 Å². The molecule has 2 aromatic rings. The number of rotatable bonds is 5. The summed E-state index contributed by atoms with van der Waals surface area (Å²) in [6.07, 6.45) is 3.23. The van der Waals surface area contributed by atoms with Crippen LogP contribution in [0.3, 0.4) is 0 Å². The molecule has 2 aliphatic rings. The van der Waals surface area contributed by atoms with Gasteiger partial charge in [0.05, 0.1) is 12.2 Å². The Morgan fingerprint density at radius 1 is 1.14 bits per heavy atom. The topological polar surface area (TPSA) is 72.9 Å². The van der Waals surface area contributed by atoms with Crippen LogP contribution >= 0.6 is 0 Å². The van der Waals surface area contributed by atoms with Gasteiger partial charge in [-0.2, -0.15) is 0 Å². The number of fused-ring (bicyclic) bond motifs is 1. The first-order valence-corrected chi connectivity index (χ1v) is 9.75. The van der Waals surface area contributed by atoms with Gasteiger partial charge in [0, 0.05) is 38.9 Å². The van der Waals surface area contributed by atoms with Crippen molar-refractivity contribution in [2.45, 2.75) is 18.9 Å². The van der Waals surface area contributed by atoms with Gasteiger partial charge in [-0.3, -0.25) is 4.79 Å². The highest BCUT2D eigenvalue weighted by Gasteiger charge is 2.20. The Morgan fingerprint density at radius 2 is 2.04 bits per heavy atom. The molecule has 1 amide bonds. The van der Waals surface area contributed by atoms with E-state index in [2.05, 4.69) is 15.2 Å². The van der Waals surface area contributed by atoms with Crippen LogP contribution in [0.25, 0.3) is 0 Å². The fraction of sp³-hybridized carbons (Fsp3) is 0.429. The van der Waals surface area contributed by atoms with Crippen LogP contribution in [0.15, 0.2) is 42.6 Å². The molecule has 1 aromatic heterocycles. The van der Waals surface area contributed by atoms with Gasteiger partial charge in [-0.1, -0.05) is 12.1 Å². The number of carbonyl (C=O) groups excluding carboxylic acids is 1. The van der Waals surface area contributed by atoms with Crippen LogP contribution in [0.5, 0.6) is 11.5 Å². The third-order valence-electron chi connectivity index (χ3n) is 4.88. The van der Waals surface area contributed by atoms with E-state index in [0.29, 0.717) is 31.7 Å². The van der Waals surface area contributed by atoms with Crippen molar-refractivity contribution in [2.24, 2.45) is 0 Å². The average molecular weight is 383 g/mol. The summed E-state index contributed by atoms with van der Waals surface area (Å²) in [5.41, 5.74) is 0.556. The van der Waals surface area contributed by atoms with E-state index in [1.807, 2.05) is 36.4 Å². The van der Waals surface area contributed by atoms with Gasteiger partial charge < -0.3 is 24.4 Å². The number of nitrogens with one attached hydrogen (secondary N) is 1. The van der Waals surface area contributed by atoms with Crippen molar-refractivity contribution in [2.75, 3.05) is 44.4 Å². The number of aromatic nitrogens is 1. The number of nitrogens with zero attached hydrogens (tertiary/aromatic N) is 2. The van der Waals surface area contributed by atoms with Crippen molar-refractivity contribution >= 4 is 11.7 Å². The Bertz CT molecular complexity index is 788. The van der Waals surface area contributed by atoms with Gasteiger partial charge in [-0.15, -0.1) is 0 Å². The van der Waals surface area contributed by atoms with Crippen LogP contribution in [0, 0.1) is 0 Å². The first-order chi connectivity index (χ1) is 13.8. The van der Waals surface area contributed by atoms with Gasteiger partial charge in [0.15, 0.2) is 11.5 Å². The van der Waals surface area contributed by atoms with E-state index in [1.165, 1.54) is 0 Å². The second kappa shape index (κ2) is 8.93. The summed E-state index contributed by atoms with van der Waals surface area (Å²) < 4.78 is 17.1. The third kappa shape index (κ3) is 4.54. The molecule has 0 spiro atoms. The third-order valence-corrected chi connectivity index (χ3v) is 4.88. The quantitative estimate of drug-likeness (QED) is 0.854. The van der Waals surface area contributed by atoms with Gasteiger partial charge in [0.1, 0.15) is 18.5 Å². The summed E-state index contributed by atoms with van der Waals surface area (Å²) in [5.74, 6) is 2.28. The highest BCUT2D eigenvalue weighted by molar-refractivity contribution is 5.94. The highest BCUT2D eigenvalue weighted by atomic mass is 16.6. The molecule has 4 rings (SSSR count). The Hall–Kier alpha value is -2.80. The number of benzene rings is 1. The predicted molar refractivity (Wildman–Crippen MR) is 105 cm³/mol. The predicted octanol–water partition coefficient (Wildman–Crippen LogP) is 2.27. The number of hydrogen-bond acceptors (Lipinski definition) is 6. The molecule has 28 heavy (non-hydrogen) atoms. The summed E-state index contributed by atoms with van der Waals surface area (Å²) in [6, 6.07) is 11.3. The monoisotopic (exact) mass is 383 g/mol. The van der Waals surface area contributed by atoms with Crippen LogP contribution in [-0.2, 0) is 4.74 Å². The van der Waals surface area contributed by atoms with Crippen molar-refractivity contribution in [1.29, 1.82) is 0 Å². The van der Waals surface area contributed by atoms with Crippen LogP contribution in [0.2, 0.25) is 0 Å². The van der Waals surface area contributed by atoms with Gasteiger partial charge in [-0.05, 0) is 30.7 Å². The number of hydrogen-bond donors (Lipinski definition) is 1. The molecule has 0 bridgehead atoms.